The van der Waals surface area contributed by atoms with E-state index in [9.17, 15) is 9.59 Å². The molecule has 0 unspecified atom stereocenters. The highest BCUT2D eigenvalue weighted by Gasteiger charge is 2.32. The molecule has 1 atom stereocenters. The topological polar surface area (TPSA) is 83.6 Å². The highest BCUT2D eigenvalue weighted by Crippen LogP contribution is 2.16. The molecule has 0 aromatic carbocycles. The zero-order valence-electron chi connectivity index (χ0n) is 16.1. The van der Waals surface area contributed by atoms with Gasteiger partial charge in [0, 0.05) is 39.9 Å². The summed E-state index contributed by atoms with van der Waals surface area (Å²) in [6, 6.07) is 3.35. The second-order valence-electron chi connectivity index (χ2n) is 7.08. The Morgan fingerprint density at radius 2 is 2.26 bits per heavy atom. The van der Waals surface area contributed by atoms with E-state index in [1.807, 2.05) is 37.2 Å². The quantitative estimate of drug-likeness (QED) is 0.773. The lowest BCUT2D eigenvalue weighted by Gasteiger charge is -2.34. The second-order valence-corrected chi connectivity index (χ2v) is 7.08. The largest absolute Gasteiger partial charge is 0.465 e. The van der Waals surface area contributed by atoms with Gasteiger partial charge < -0.3 is 14.6 Å². The molecule has 8 heteroatoms. The standard InChI is InChI=1S/C19H27N5O3/c1-14-4-5-16(27-14)13-24-9-7-20-19(26)17(24)10-18(25)22(2)8-6-15-11-21-23(3)12-15/h4-5,11-12,17H,6-10,13H2,1-3H3,(H,20,26)/t17-/m0/s1. The monoisotopic (exact) mass is 373 g/mol. The first kappa shape index (κ1) is 19.2. The fourth-order valence-corrected chi connectivity index (χ4v) is 3.29. The second kappa shape index (κ2) is 8.39. The third-order valence-electron chi connectivity index (χ3n) is 4.88. The Kier molecular flexibility index (Phi) is 5.95. The van der Waals surface area contributed by atoms with Gasteiger partial charge in [0.2, 0.25) is 11.8 Å². The van der Waals surface area contributed by atoms with Crippen LogP contribution in [0.1, 0.15) is 23.5 Å². The van der Waals surface area contributed by atoms with Crippen molar-refractivity contribution in [3.05, 3.63) is 41.6 Å². The lowest BCUT2D eigenvalue weighted by atomic mass is 10.1. The number of nitrogens with zero attached hydrogens (tertiary/aromatic N) is 4. The molecule has 0 aliphatic carbocycles. The van der Waals surface area contributed by atoms with Gasteiger partial charge in [0.05, 0.1) is 25.2 Å². The number of aromatic nitrogens is 2. The maximum Gasteiger partial charge on any atom is 0.237 e. The first-order valence-electron chi connectivity index (χ1n) is 9.21. The van der Waals surface area contributed by atoms with Gasteiger partial charge in [-0.1, -0.05) is 0 Å². The van der Waals surface area contributed by atoms with Crippen molar-refractivity contribution in [2.45, 2.75) is 32.4 Å². The van der Waals surface area contributed by atoms with Gasteiger partial charge in [-0.3, -0.25) is 19.2 Å². The Hall–Kier alpha value is -2.61. The van der Waals surface area contributed by atoms with Gasteiger partial charge in [0.25, 0.3) is 0 Å². The van der Waals surface area contributed by atoms with Crippen molar-refractivity contribution in [1.29, 1.82) is 0 Å². The van der Waals surface area contributed by atoms with Gasteiger partial charge in [-0.05, 0) is 31.0 Å². The Labute approximate surface area is 159 Å². The molecule has 0 radical (unpaired) electrons. The van der Waals surface area contributed by atoms with Gasteiger partial charge in [-0.25, -0.2) is 0 Å². The van der Waals surface area contributed by atoms with Crippen molar-refractivity contribution < 1.29 is 14.0 Å². The van der Waals surface area contributed by atoms with E-state index >= 15 is 0 Å². The van der Waals surface area contributed by atoms with Crippen molar-refractivity contribution in [3.8, 4) is 0 Å². The summed E-state index contributed by atoms with van der Waals surface area (Å²) in [7, 11) is 3.65. The number of hydrogen-bond acceptors (Lipinski definition) is 5. The molecule has 8 nitrogen and oxygen atoms in total. The predicted molar refractivity (Wildman–Crippen MR) is 99.8 cm³/mol. The average Bonchev–Trinajstić information content (AvgIpc) is 3.23. The molecule has 2 aromatic heterocycles. The zero-order chi connectivity index (χ0) is 19.4. The summed E-state index contributed by atoms with van der Waals surface area (Å²) >= 11 is 0. The number of aryl methyl sites for hydroxylation is 2. The van der Waals surface area contributed by atoms with Crippen LogP contribution in [0, 0.1) is 6.92 Å². The molecule has 3 rings (SSSR count). The van der Waals surface area contributed by atoms with E-state index in [0.29, 0.717) is 26.2 Å². The van der Waals surface area contributed by atoms with Gasteiger partial charge in [0.1, 0.15) is 11.5 Å². The van der Waals surface area contributed by atoms with Crippen LogP contribution in [0.5, 0.6) is 0 Å². The van der Waals surface area contributed by atoms with E-state index in [1.165, 1.54) is 0 Å². The number of amides is 2. The van der Waals surface area contributed by atoms with Crippen LogP contribution in [0.2, 0.25) is 0 Å². The molecule has 1 aliphatic heterocycles. The molecule has 0 spiro atoms. The highest BCUT2D eigenvalue weighted by molar-refractivity contribution is 5.88. The molecular weight excluding hydrogens is 346 g/mol. The molecule has 2 aromatic rings. The number of carbonyl (C=O) groups excluding carboxylic acids is 2. The maximum atomic E-state index is 12.7. The van der Waals surface area contributed by atoms with Crippen LogP contribution >= 0.6 is 0 Å². The van der Waals surface area contributed by atoms with Crippen LogP contribution < -0.4 is 5.32 Å². The van der Waals surface area contributed by atoms with E-state index in [0.717, 1.165) is 23.5 Å². The Bertz CT molecular complexity index is 797. The van der Waals surface area contributed by atoms with Crippen LogP contribution in [-0.2, 0) is 29.6 Å². The molecule has 0 saturated carbocycles. The summed E-state index contributed by atoms with van der Waals surface area (Å²) in [5, 5.41) is 7.00. The van der Waals surface area contributed by atoms with Crippen molar-refractivity contribution in [3.63, 3.8) is 0 Å². The molecule has 27 heavy (non-hydrogen) atoms. The zero-order valence-corrected chi connectivity index (χ0v) is 16.1. The molecule has 1 N–H and O–H groups in total. The Morgan fingerprint density at radius 1 is 1.44 bits per heavy atom. The lowest BCUT2D eigenvalue weighted by molar-refractivity contribution is -0.138. The fourth-order valence-electron chi connectivity index (χ4n) is 3.29. The van der Waals surface area contributed by atoms with Gasteiger partial charge in [-0.2, -0.15) is 5.10 Å². The van der Waals surface area contributed by atoms with E-state index in [-0.39, 0.29) is 18.2 Å². The number of nitrogens with one attached hydrogen (secondary N) is 1. The molecule has 146 valence electrons. The summed E-state index contributed by atoms with van der Waals surface area (Å²) in [6.45, 7) is 4.29. The van der Waals surface area contributed by atoms with E-state index in [2.05, 4.69) is 10.4 Å². The van der Waals surface area contributed by atoms with Crippen LogP contribution in [-0.4, -0.2) is 64.1 Å². The molecule has 1 saturated heterocycles. The lowest BCUT2D eigenvalue weighted by Crippen LogP contribution is -2.56. The van der Waals surface area contributed by atoms with E-state index in [4.69, 9.17) is 4.42 Å². The summed E-state index contributed by atoms with van der Waals surface area (Å²) < 4.78 is 7.38. The molecule has 2 amide bonds. The molecular formula is C19H27N5O3. The summed E-state index contributed by atoms with van der Waals surface area (Å²) in [5.74, 6) is 1.51. The van der Waals surface area contributed by atoms with Gasteiger partial charge in [0.15, 0.2) is 0 Å². The molecule has 0 bridgehead atoms. The van der Waals surface area contributed by atoms with E-state index < -0.39 is 6.04 Å². The number of furan rings is 1. The third kappa shape index (κ3) is 4.97. The minimum atomic E-state index is -0.475. The number of rotatable bonds is 7. The number of hydrogen-bond donors (Lipinski definition) is 1. The normalized spacial score (nSPS) is 17.7. The number of carbonyl (C=O) groups is 2. The molecule has 3 heterocycles. The average molecular weight is 373 g/mol. The minimum Gasteiger partial charge on any atom is -0.465 e. The number of likely N-dealkylation sites (N-methyl/N-ethyl adjacent to an activating group) is 1. The molecule has 1 aliphatic rings. The fraction of sp³-hybridized carbons (Fsp3) is 0.526. The smallest absolute Gasteiger partial charge is 0.237 e. The minimum absolute atomic E-state index is 0.0402. The first-order chi connectivity index (χ1) is 12.9. The first-order valence-corrected chi connectivity index (χ1v) is 9.21. The Balaban J connectivity index is 1.57. The van der Waals surface area contributed by atoms with Crippen LogP contribution in [0.25, 0.3) is 0 Å². The Morgan fingerprint density at radius 3 is 2.93 bits per heavy atom. The summed E-state index contributed by atoms with van der Waals surface area (Å²) in [4.78, 5) is 28.7. The van der Waals surface area contributed by atoms with Crippen LogP contribution in [0.15, 0.2) is 28.9 Å². The van der Waals surface area contributed by atoms with Crippen molar-refractivity contribution in [1.82, 2.24) is 24.9 Å². The SMILES string of the molecule is Cc1ccc(CN2CCNC(=O)[C@@H]2CC(=O)N(C)CCc2cnn(C)c2)o1. The van der Waals surface area contributed by atoms with Crippen molar-refractivity contribution >= 4 is 11.8 Å². The summed E-state index contributed by atoms with van der Waals surface area (Å²) in [6.07, 6.45) is 4.65. The van der Waals surface area contributed by atoms with Crippen molar-refractivity contribution in [2.75, 3.05) is 26.7 Å². The van der Waals surface area contributed by atoms with Crippen LogP contribution in [0.4, 0.5) is 0 Å². The maximum absolute atomic E-state index is 12.7. The van der Waals surface area contributed by atoms with Gasteiger partial charge in [-0.15, -0.1) is 0 Å². The number of piperazine rings is 1. The van der Waals surface area contributed by atoms with Crippen molar-refractivity contribution in [2.24, 2.45) is 7.05 Å². The van der Waals surface area contributed by atoms with Gasteiger partial charge >= 0.3 is 0 Å². The highest BCUT2D eigenvalue weighted by atomic mass is 16.3. The predicted octanol–water partition coefficient (Wildman–Crippen LogP) is 0.713. The third-order valence-corrected chi connectivity index (χ3v) is 4.88. The molecule has 1 fully saturated rings. The summed E-state index contributed by atoms with van der Waals surface area (Å²) in [5.41, 5.74) is 1.09. The van der Waals surface area contributed by atoms with Crippen LogP contribution in [0.3, 0.4) is 0 Å². The van der Waals surface area contributed by atoms with E-state index in [1.54, 1.807) is 22.8 Å².